The molecule has 0 atom stereocenters. The molecule has 2 aromatic carbocycles. The van der Waals surface area contributed by atoms with Crippen LogP contribution in [0.15, 0.2) is 59.4 Å². The highest BCUT2D eigenvalue weighted by molar-refractivity contribution is 7.07. The summed E-state index contributed by atoms with van der Waals surface area (Å²) in [5, 5.41) is 2.71. The van der Waals surface area contributed by atoms with Gasteiger partial charge in [0.15, 0.2) is 0 Å². The Balaban J connectivity index is 1.31. The SMILES string of the molecule is O=C(c1cccc(OCc2cscn2)c1)N1CCN(Cc2cccc(Cl)c2)CC1. The van der Waals surface area contributed by atoms with E-state index in [0.29, 0.717) is 31.0 Å². The number of thiazole rings is 1. The van der Waals surface area contributed by atoms with E-state index in [0.717, 1.165) is 30.4 Å². The monoisotopic (exact) mass is 427 g/mol. The lowest BCUT2D eigenvalue weighted by molar-refractivity contribution is 0.0628. The fourth-order valence-electron chi connectivity index (χ4n) is 3.37. The van der Waals surface area contributed by atoms with Crippen LogP contribution in [-0.2, 0) is 13.2 Å². The zero-order valence-electron chi connectivity index (χ0n) is 16.0. The number of aromatic nitrogens is 1. The van der Waals surface area contributed by atoms with Gasteiger partial charge in [-0.05, 0) is 35.9 Å². The van der Waals surface area contributed by atoms with Crippen LogP contribution < -0.4 is 4.74 Å². The van der Waals surface area contributed by atoms with Gasteiger partial charge in [-0.3, -0.25) is 9.69 Å². The topological polar surface area (TPSA) is 45.7 Å². The van der Waals surface area contributed by atoms with E-state index in [-0.39, 0.29) is 5.91 Å². The number of halogens is 1. The standard InChI is InChI=1S/C22H22ClN3O2S/c23-19-5-1-3-17(11-19)13-25-7-9-26(10-8-25)22(27)18-4-2-6-21(12-18)28-14-20-15-29-16-24-20/h1-6,11-12,15-16H,7-10,13-14H2. The largest absolute Gasteiger partial charge is 0.487 e. The summed E-state index contributed by atoms with van der Waals surface area (Å²) in [6.45, 7) is 4.37. The minimum atomic E-state index is 0.0477. The third kappa shape index (κ3) is 5.35. The molecule has 3 aromatic rings. The average molecular weight is 428 g/mol. The van der Waals surface area contributed by atoms with Crippen molar-refractivity contribution in [2.45, 2.75) is 13.2 Å². The maximum absolute atomic E-state index is 12.9. The summed E-state index contributed by atoms with van der Waals surface area (Å²) < 4.78 is 5.78. The molecule has 0 spiro atoms. The van der Waals surface area contributed by atoms with Gasteiger partial charge >= 0.3 is 0 Å². The van der Waals surface area contributed by atoms with Gasteiger partial charge in [-0.15, -0.1) is 11.3 Å². The molecule has 1 aliphatic rings. The number of amides is 1. The number of hydrogen-bond acceptors (Lipinski definition) is 5. The average Bonchev–Trinajstić information content (AvgIpc) is 3.26. The van der Waals surface area contributed by atoms with Gasteiger partial charge < -0.3 is 9.64 Å². The van der Waals surface area contributed by atoms with Crippen LogP contribution in [0, 0.1) is 0 Å². The zero-order valence-corrected chi connectivity index (χ0v) is 17.5. The van der Waals surface area contributed by atoms with Crippen molar-refractivity contribution in [1.82, 2.24) is 14.8 Å². The van der Waals surface area contributed by atoms with Gasteiger partial charge in [-0.1, -0.05) is 29.8 Å². The molecule has 1 aromatic heterocycles. The normalized spacial score (nSPS) is 14.7. The van der Waals surface area contributed by atoms with Crippen LogP contribution >= 0.6 is 22.9 Å². The Morgan fingerprint density at radius 3 is 2.69 bits per heavy atom. The lowest BCUT2D eigenvalue weighted by Crippen LogP contribution is -2.48. The smallest absolute Gasteiger partial charge is 0.254 e. The quantitative estimate of drug-likeness (QED) is 0.587. The second-order valence-electron chi connectivity index (χ2n) is 6.99. The van der Waals surface area contributed by atoms with E-state index in [1.54, 1.807) is 16.8 Å². The molecule has 0 aliphatic carbocycles. The first kappa shape index (κ1) is 19.9. The highest BCUT2D eigenvalue weighted by Crippen LogP contribution is 2.19. The number of carbonyl (C=O) groups is 1. The van der Waals surface area contributed by atoms with Crippen LogP contribution in [0.25, 0.3) is 0 Å². The van der Waals surface area contributed by atoms with Crippen LogP contribution in [0.3, 0.4) is 0 Å². The zero-order chi connectivity index (χ0) is 20.1. The molecule has 29 heavy (non-hydrogen) atoms. The molecule has 1 fully saturated rings. The van der Waals surface area contributed by atoms with Gasteiger partial charge in [0.05, 0.1) is 11.2 Å². The maximum Gasteiger partial charge on any atom is 0.254 e. The van der Waals surface area contributed by atoms with Crippen LogP contribution in [0.1, 0.15) is 21.6 Å². The van der Waals surface area contributed by atoms with Crippen molar-refractivity contribution in [3.63, 3.8) is 0 Å². The van der Waals surface area contributed by atoms with Crippen molar-refractivity contribution < 1.29 is 9.53 Å². The predicted molar refractivity (Wildman–Crippen MR) is 116 cm³/mol. The van der Waals surface area contributed by atoms with E-state index in [9.17, 15) is 4.79 Å². The molecule has 4 rings (SSSR count). The highest BCUT2D eigenvalue weighted by Gasteiger charge is 2.22. The molecule has 1 amide bonds. The molecular formula is C22H22ClN3O2S. The predicted octanol–water partition coefficient (Wildman–Crippen LogP) is 4.33. The Bertz CT molecular complexity index is 956. The molecule has 0 unspecified atom stereocenters. The summed E-state index contributed by atoms with van der Waals surface area (Å²) in [5.74, 6) is 0.731. The fourth-order valence-corrected chi connectivity index (χ4v) is 4.13. The Morgan fingerprint density at radius 1 is 1.10 bits per heavy atom. The molecule has 5 nitrogen and oxygen atoms in total. The van der Waals surface area contributed by atoms with Gasteiger partial charge in [-0.25, -0.2) is 4.98 Å². The third-order valence-electron chi connectivity index (χ3n) is 4.91. The van der Waals surface area contributed by atoms with Crippen molar-refractivity contribution >= 4 is 28.8 Å². The van der Waals surface area contributed by atoms with E-state index in [4.69, 9.17) is 16.3 Å². The van der Waals surface area contributed by atoms with E-state index in [1.165, 1.54) is 5.56 Å². The third-order valence-corrected chi connectivity index (χ3v) is 5.78. The molecule has 0 bridgehead atoms. The summed E-state index contributed by atoms with van der Waals surface area (Å²) in [6, 6.07) is 15.3. The lowest BCUT2D eigenvalue weighted by Gasteiger charge is -2.34. The van der Waals surface area contributed by atoms with Crippen LogP contribution in [0.4, 0.5) is 0 Å². The second-order valence-corrected chi connectivity index (χ2v) is 8.15. The molecule has 0 N–H and O–H groups in total. The summed E-state index contributed by atoms with van der Waals surface area (Å²) >= 11 is 7.61. The molecular weight excluding hydrogens is 406 g/mol. The first-order valence-corrected chi connectivity index (χ1v) is 10.9. The van der Waals surface area contributed by atoms with E-state index < -0.39 is 0 Å². The number of rotatable bonds is 6. The van der Waals surface area contributed by atoms with Crippen molar-refractivity contribution in [1.29, 1.82) is 0 Å². The minimum Gasteiger partial charge on any atom is -0.487 e. The van der Waals surface area contributed by atoms with Crippen molar-refractivity contribution in [3.8, 4) is 5.75 Å². The summed E-state index contributed by atoms with van der Waals surface area (Å²) in [7, 11) is 0. The molecule has 1 saturated heterocycles. The molecule has 7 heteroatoms. The lowest BCUT2D eigenvalue weighted by atomic mass is 10.1. The van der Waals surface area contributed by atoms with Gasteiger partial charge in [0, 0.05) is 48.7 Å². The number of hydrogen-bond donors (Lipinski definition) is 0. The van der Waals surface area contributed by atoms with Crippen molar-refractivity contribution in [3.05, 3.63) is 81.3 Å². The number of piperazine rings is 1. The first-order valence-electron chi connectivity index (χ1n) is 9.53. The van der Waals surface area contributed by atoms with Crippen molar-refractivity contribution in [2.75, 3.05) is 26.2 Å². The molecule has 0 saturated carbocycles. The van der Waals surface area contributed by atoms with E-state index >= 15 is 0 Å². The first-order chi connectivity index (χ1) is 14.2. The van der Waals surface area contributed by atoms with Gasteiger partial charge in [0.1, 0.15) is 12.4 Å². The maximum atomic E-state index is 12.9. The Kier molecular flexibility index (Phi) is 6.44. The highest BCUT2D eigenvalue weighted by atomic mass is 35.5. The summed E-state index contributed by atoms with van der Waals surface area (Å²) in [4.78, 5) is 21.4. The van der Waals surface area contributed by atoms with Crippen molar-refractivity contribution in [2.24, 2.45) is 0 Å². The number of ether oxygens (including phenoxy) is 1. The van der Waals surface area contributed by atoms with E-state index in [1.807, 2.05) is 52.7 Å². The van der Waals surface area contributed by atoms with Gasteiger partial charge in [0.25, 0.3) is 5.91 Å². The van der Waals surface area contributed by atoms with E-state index in [2.05, 4.69) is 16.0 Å². The summed E-state index contributed by atoms with van der Waals surface area (Å²) in [5.41, 5.74) is 4.53. The number of carbonyl (C=O) groups excluding carboxylic acids is 1. The molecule has 0 radical (unpaired) electrons. The Morgan fingerprint density at radius 2 is 1.93 bits per heavy atom. The number of benzene rings is 2. The fraction of sp³-hybridized carbons (Fsp3) is 0.273. The second kappa shape index (κ2) is 9.39. The van der Waals surface area contributed by atoms with Gasteiger partial charge in [0.2, 0.25) is 0 Å². The van der Waals surface area contributed by atoms with Crippen LogP contribution in [0.2, 0.25) is 5.02 Å². The molecule has 150 valence electrons. The Hall–Kier alpha value is -2.41. The molecule has 2 heterocycles. The number of nitrogens with zero attached hydrogens (tertiary/aromatic N) is 3. The summed E-state index contributed by atoms with van der Waals surface area (Å²) in [6.07, 6.45) is 0. The van der Waals surface area contributed by atoms with Crippen LogP contribution in [0.5, 0.6) is 5.75 Å². The van der Waals surface area contributed by atoms with Crippen LogP contribution in [-0.4, -0.2) is 46.9 Å². The Labute approximate surface area is 179 Å². The minimum absolute atomic E-state index is 0.0477. The molecule has 1 aliphatic heterocycles. The van der Waals surface area contributed by atoms with Gasteiger partial charge in [-0.2, -0.15) is 0 Å².